The van der Waals surface area contributed by atoms with E-state index in [1.165, 1.54) is 51.4 Å². The summed E-state index contributed by atoms with van der Waals surface area (Å²) in [6.45, 7) is 11.7. The lowest BCUT2D eigenvalue weighted by Gasteiger charge is -2.26. The van der Waals surface area contributed by atoms with Gasteiger partial charge in [-0.2, -0.15) is 0 Å². The van der Waals surface area contributed by atoms with Gasteiger partial charge in [0.15, 0.2) is 0 Å². The molecule has 0 aromatic heterocycles. The topological polar surface area (TPSA) is 60.9 Å². The number of carbonyl (C=O) groups excluding carboxylic acids is 3. The van der Waals surface area contributed by atoms with Gasteiger partial charge >= 0.3 is 0 Å². The van der Waals surface area contributed by atoms with Gasteiger partial charge in [0.2, 0.25) is 17.7 Å². The predicted molar refractivity (Wildman–Crippen MR) is 118 cm³/mol. The zero-order valence-electron chi connectivity index (χ0n) is 19.1. The summed E-state index contributed by atoms with van der Waals surface area (Å²) in [5.41, 5.74) is 0. The van der Waals surface area contributed by atoms with E-state index in [1.54, 1.807) is 0 Å². The maximum atomic E-state index is 11.1. The Morgan fingerprint density at radius 1 is 0.448 bits per heavy atom. The molecule has 3 heterocycles. The second-order valence-corrected chi connectivity index (χ2v) is 8.03. The Morgan fingerprint density at radius 3 is 0.862 bits per heavy atom. The maximum absolute atomic E-state index is 11.1. The molecule has 0 unspecified atom stereocenters. The summed E-state index contributed by atoms with van der Waals surface area (Å²) in [6.07, 6.45) is 11.8. The van der Waals surface area contributed by atoms with Crippen molar-refractivity contribution >= 4 is 17.7 Å². The van der Waals surface area contributed by atoms with E-state index in [9.17, 15) is 14.4 Å². The highest BCUT2D eigenvalue weighted by molar-refractivity contribution is 5.76. The molecule has 0 atom stereocenters. The van der Waals surface area contributed by atoms with Crippen LogP contribution in [-0.4, -0.2) is 71.7 Å². The van der Waals surface area contributed by atoms with Crippen LogP contribution >= 0.6 is 0 Å². The molecule has 3 rings (SSSR count). The van der Waals surface area contributed by atoms with Crippen LogP contribution in [0.3, 0.4) is 0 Å². The van der Waals surface area contributed by atoms with Crippen molar-refractivity contribution in [2.45, 2.75) is 91.4 Å². The van der Waals surface area contributed by atoms with Crippen molar-refractivity contribution in [3.8, 4) is 0 Å². The van der Waals surface area contributed by atoms with Crippen LogP contribution < -0.4 is 0 Å². The monoisotopic (exact) mass is 409 g/mol. The maximum Gasteiger partial charge on any atom is 0.222 e. The number of hydrogen-bond acceptors (Lipinski definition) is 3. The molecule has 0 saturated carbocycles. The number of amides is 3. The first-order valence-corrected chi connectivity index (χ1v) is 11.9. The molecule has 0 aliphatic carbocycles. The first-order valence-electron chi connectivity index (χ1n) is 11.9. The molecule has 0 aromatic rings. The molecular weight excluding hydrogens is 366 g/mol. The first kappa shape index (κ1) is 25.4. The van der Waals surface area contributed by atoms with Gasteiger partial charge in [0.25, 0.3) is 0 Å². The second kappa shape index (κ2) is 15.3. The highest BCUT2D eigenvalue weighted by atomic mass is 16.2. The van der Waals surface area contributed by atoms with Gasteiger partial charge in [-0.25, -0.2) is 0 Å². The summed E-state index contributed by atoms with van der Waals surface area (Å²) in [5, 5.41) is 0. The van der Waals surface area contributed by atoms with E-state index in [-0.39, 0.29) is 0 Å². The smallest absolute Gasteiger partial charge is 0.222 e. The third-order valence-electron chi connectivity index (χ3n) is 5.78. The fourth-order valence-electron chi connectivity index (χ4n) is 3.92. The number of carbonyl (C=O) groups is 3. The van der Waals surface area contributed by atoms with Crippen LogP contribution in [0.5, 0.6) is 0 Å². The normalized spacial score (nSPS) is 18.9. The van der Waals surface area contributed by atoms with Gasteiger partial charge in [-0.3, -0.25) is 14.4 Å². The van der Waals surface area contributed by atoms with Gasteiger partial charge in [-0.1, -0.05) is 20.8 Å². The average molecular weight is 410 g/mol. The van der Waals surface area contributed by atoms with Gasteiger partial charge < -0.3 is 14.7 Å². The highest BCUT2D eigenvalue weighted by Gasteiger charge is 2.15. The fourth-order valence-corrected chi connectivity index (χ4v) is 3.92. The lowest BCUT2D eigenvalue weighted by atomic mass is 10.1. The van der Waals surface area contributed by atoms with E-state index >= 15 is 0 Å². The van der Waals surface area contributed by atoms with Gasteiger partial charge in [0.1, 0.15) is 0 Å². The summed E-state index contributed by atoms with van der Waals surface area (Å²) < 4.78 is 0. The largest absolute Gasteiger partial charge is 0.343 e. The molecule has 6 nitrogen and oxygen atoms in total. The summed E-state index contributed by atoms with van der Waals surface area (Å²) in [5.74, 6) is 0.951. The summed E-state index contributed by atoms with van der Waals surface area (Å²) in [6, 6.07) is 0. The molecule has 3 aliphatic heterocycles. The number of nitrogens with zero attached hydrogens (tertiary/aromatic N) is 3. The zero-order chi connectivity index (χ0) is 21.5. The molecule has 0 aromatic carbocycles. The lowest BCUT2D eigenvalue weighted by Crippen LogP contribution is -2.34. The molecular formula is C23H43N3O3. The summed E-state index contributed by atoms with van der Waals surface area (Å²) in [7, 11) is 0. The van der Waals surface area contributed by atoms with Crippen LogP contribution in [0.25, 0.3) is 0 Å². The first-order chi connectivity index (χ1) is 14.0. The molecule has 0 bridgehead atoms. The molecule has 168 valence electrons. The van der Waals surface area contributed by atoms with Gasteiger partial charge in [0, 0.05) is 58.5 Å². The number of hydrogen-bond donors (Lipinski definition) is 0. The van der Waals surface area contributed by atoms with Gasteiger partial charge in [0.05, 0.1) is 0 Å². The van der Waals surface area contributed by atoms with Crippen LogP contribution in [0.15, 0.2) is 0 Å². The van der Waals surface area contributed by atoms with E-state index in [4.69, 9.17) is 0 Å². The van der Waals surface area contributed by atoms with E-state index in [1.807, 2.05) is 35.5 Å². The van der Waals surface area contributed by atoms with Crippen molar-refractivity contribution in [2.75, 3.05) is 39.3 Å². The minimum atomic E-state index is 0.313. The Kier molecular flexibility index (Phi) is 13.4. The van der Waals surface area contributed by atoms with Crippen molar-refractivity contribution < 1.29 is 14.4 Å². The van der Waals surface area contributed by atoms with Crippen LogP contribution in [0.1, 0.15) is 91.4 Å². The molecule has 3 saturated heterocycles. The standard InChI is InChI=1S/2C8H15NO.C7H13NO/c2*1-2-8(10)9-6-4-3-5-7-9;1-2-7(9)8-5-3-4-6-8/h2*2-7H2,1H3;2-6H2,1H3. The van der Waals surface area contributed by atoms with Crippen molar-refractivity contribution in [1.82, 2.24) is 14.7 Å². The van der Waals surface area contributed by atoms with E-state index in [0.717, 1.165) is 39.3 Å². The highest BCUT2D eigenvalue weighted by Crippen LogP contribution is 2.10. The molecule has 3 aliphatic rings. The lowest BCUT2D eigenvalue weighted by molar-refractivity contribution is -0.132. The number of piperidine rings is 2. The van der Waals surface area contributed by atoms with Gasteiger partial charge in [-0.15, -0.1) is 0 Å². The quantitative estimate of drug-likeness (QED) is 0.711. The SMILES string of the molecule is CCC(=O)N1CCCC1.CCC(=O)N1CCCCC1.CCC(=O)N1CCCCC1. The molecule has 0 radical (unpaired) electrons. The minimum absolute atomic E-state index is 0.313. The Balaban J connectivity index is 0.000000218. The van der Waals surface area contributed by atoms with E-state index < -0.39 is 0 Å². The van der Waals surface area contributed by atoms with Crippen LogP contribution in [-0.2, 0) is 14.4 Å². The number of rotatable bonds is 3. The Morgan fingerprint density at radius 2 is 0.655 bits per heavy atom. The molecule has 0 spiro atoms. The van der Waals surface area contributed by atoms with Crippen LogP contribution in [0.2, 0.25) is 0 Å². The summed E-state index contributed by atoms with van der Waals surface area (Å²) >= 11 is 0. The van der Waals surface area contributed by atoms with Crippen molar-refractivity contribution in [2.24, 2.45) is 0 Å². The Labute approximate surface area is 178 Å². The van der Waals surface area contributed by atoms with Crippen molar-refractivity contribution in [3.05, 3.63) is 0 Å². The zero-order valence-corrected chi connectivity index (χ0v) is 19.1. The van der Waals surface area contributed by atoms with Gasteiger partial charge in [-0.05, 0) is 51.4 Å². The third kappa shape index (κ3) is 10.1. The Hall–Kier alpha value is -1.59. The molecule has 3 fully saturated rings. The van der Waals surface area contributed by atoms with Crippen LogP contribution in [0.4, 0.5) is 0 Å². The predicted octanol–water partition coefficient (Wildman–Crippen LogP) is 3.84. The molecule has 6 heteroatoms. The Bertz CT molecular complexity index is 448. The molecule has 29 heavy (non-hydrogen) atoms. The van der Waals surface area contributed by atoms with Crippen molar-refractivity contribution in [3.63, 3.8) is 0 Å². The van der Waals surface area contributed by atoms with E-state index in [0.29, 0.717) is 37.0 Å². The third-order valence-corrected chi connectivity index (χ3v) is 5.78. The van der Waals surface area contributed by atoms with Crippen LogP contribution in [0, 0.1) is 0 Å². The fraction of sp³-hybridized carbons (Fsp3) is 0.870. The summed E-state index contributed by atoms with van der Waals surface area (Å²) in [4.78, 5) is 39.0. The average Bonchev–Trinajstić information content (AvgIpc) is 3.34. The molecule has 3 amide bonds. The minimum Gasteiger partial charge on any atom is -0.343 e. The number of likely N-dealkylation sites (tertiary alicyclic amines) is 3. The second-order valence-electron chi connectivity index (χ2n) is 8.03. The molecule has 0 N–H and O–H groups in total. The van der Waals surface area contributed by atoms with Crippen molar-refractivity contribution in [1.29, 1.82) is 0 Å². The van der Waals surface area contributed by atoms with E-state index in [2.05, 4.69) is 0 Å².